The summed E-state index contributed by atoms with van der Waals surface area (Å²) in [6.45, 7) is 2.48. The second-order valence-corrected chi connectivity index (χ2v) is 9.11. The van der Waals surface area contributed by atoms with Crippen LogP contribution in [-0.2, 0) is 0 Å². The van der Waals surface area contributed by atoms with E-state index in [1.54, 1.807) is 40.8 Å². The topological polar surface area (TPSA) is 90.7 Å². The monoisotopic (exact) mass is 481 g/mol. The van der Waals surface area contributed by atoms with E-state index >= 15 is 0 Å². The lowest BCUT2D eigenvalue weighted by Gasteiger charge is -2.42. The number of piperidine rings is 1. The summed E-state index contributed by atoms with van der Waals surface area (Å²) in [4.78, 5) is 33.3. The number of aliphatic hydroxyl groups is 1. The largest absolute Gasteiger partial charge is 0.388 e. The molecular weight excluding hydrogens is 456 g/mol. The van der Waals surface area contributed by atoms with Crippen LogP contribution in [0.25, 0.3) is 11.4 Å². The number of halogens is 2. The number of nitrogens with zero attached hydrogens (tertiary/aromatic N) is 4. The SMILES string of the molecule is Cc1ccc(C(=O)N2CCC(O)(CN3CNn4c(cnc4-c4ccc(F)cc4)C3=O)CC2)cc1F. The average molecular weight is 482 g/mol. The third-order valence-electron chi connectivity index (χ3n) is 6.68. The number of carbonyl (C=O) groups excluding carboxylic acids is 2. The molecule has 1 aromatic heterocycles. The summed E-state index contributed by atoms with van der Waals surface area (Å²) in [6.07, 6.45) is 2.03. The van der Waals surface area contributed by atoms with Crippen molar-refractivity contribution in [3.63, 3.8) is 0 Å². The number of likely N-dealkylation sites (tertiary alicyclic amines) is 1. The van der Waals surface area contributed by atoms with Crippen LogP contribution in [0.4, 0.5) is 8.78 Å². The van der Waals surface area contributed by atoms with Crippen molar-refractivity contribution in [2.45, 2.75) is 25.4 Å². The van der Waals surface area contributed by atoms with Crippen molar-refractivity contribution in [2.24, 2.45) is 0 Å². The average Bonchev–Trinajstić information content (AvgIpc) is 3.28. The zero-order valence-electron chi connectivity index (χ0n) is 19.2. The van der Waals surface area contributed by atoms with Gasteiger partial charge in [0.05, 0.1) is 18.3 Å². The first-order chi connectivity index (χ1) is 16.7. The van der Waals surface area contributed by atoms with Crippen LogP contribution in [0.1, 0.15) is 39.3 Å². The minimum Gasteiger partial charge on any atom is -0.388 e. The molecule has 0 unspecified atom stereocenters. The number of carbonyl (C=O) groups is 2. The Hall–Kier alpha value is -3.79. The van der Waals surface area contributed by atoms with Crippen LogP contribution in [-0.4, -0.2) is 68.3 Å². The Bertz CT molecular complexity index is 1280. The quantitative estimate of drug-likeness (QED) is 0.598. The fourth-order valence-electron chi connectivity index (χ4n) is 4.53. The Morgan fingerprint density at radius 1 is 1.14 bits per heavy atom. The summed E-state index contributed by atoms with van der Waals surface area (Å²) < 4.78 is 28.7. The Kier molecular flexibility index (Phi) is 5.76. The van der Waals surface area contributed by atoms with E-state index in [-0.39, 0.29) is 49.3 Å². The Labute approximate surface area is 200 Å². The third kappa shape index (κ3) is 4.37. The van der Waals surface area contributed by atoms with Crippen LogP contribution < -0.4 is 5.43 Å². The molecule has 10 heteroatoms. The maximum atomic E-state index is 13.9. The third-order valence-corrected chi connectivity index (χ3v) is 6.68. The van der Waals surface area contributed by atoms with E-state index in [9.17, 15) is 23.5 Å². The maximum Gasteiger partial charge on any atom is 0.275 e. The summed E-state index contributed by atoms with van der Waals surface area (Å²) in [5.41, 5.74) is 3.69. The molecule has 0 aliphatic carbocycles. The van der Waals surface area contributed by atoms with Crippen LogP contribution in [0.15, 0.2) is 48.7 Å². The normalized spacial score (nSPS) is 17.2. The number of β-amino-alcohol motifs (C(OH)–C–C–N with tert-alkyl or cyclic N) is 1. The molecule has 3 aromatic rings. The first kappa shape index (κ1) is 23.0. The van der Waals surface area contributed by atoms with E-state index in [0.717, 1.165) is 0 Å². The second kappa shape index (κ2) is 8.77. The second-order valence-electron chi connectivity index (χ2n) is 9.11. The molecule has 35 heavy (non-hydrogen) atoms. The van der Waals surface area contributed by atoms with Gasteiger partial charge in [-0.05, 0) is 61.7 Å². The molecule has 0 bridgehead atoms. The Balaban J connectivity index is 1.24. The first-order valence-electron chi connectivity index (χ1n) is 11.4. The molecule has 8 nitrogen and oxygen atoms in total. The van der Waals surface area contributed by atoms with Crippen LogP contribution in [0.5, 0.6) is 0 Å². The number of amides is 2. The number of benzene rings is 2. The molecule has 1 saturated heterocycles. The molecule has 0 radical (unpaired) electrons. The van der Waals surface area contributed by atoms with E-state index in [1.807, 2.05) is 0 Å². The minimum atomic E-state index is -1.16. The Morgan fingerprint density at radius 3 is 2.54 bits per heavy atom. The molecule has 2 amide bonds. The highest BCUT2D eigenvalue weighted by molar-refractivity contribution is 5.95. The van der Waals surface area contributed by atoms with Crippen LogP contribution in [0.3, 0.4) is 0 Å². The lowest BCUT2D eigenvalue weighted by molar-refractivity contribution is -0.0369. The molecule has 2 aromatic carbocycles. The number of imidazole rings is 1. The summed E-state index contributed by atoms with van der Waals surface area (Å²) in [5, 5.41) is 11.2. The highest BCUT2D eigenvalue weighted by atomic mass is 19.1. The lowest BCUT2D eigenvalue weighted by atomic mass is 9.90. The number of nitrogens with one attached hydrogen (secondary N) is 1. The van der Waals surface area contributed by atoms with E-state index < -0.39 is 11.4 Å². The van der Waals surface area contributed by atoms with Crippen molar-refractivity contribution >= 4 is 11.8 Å². The van der Waals surface area contributed by atoms with Gasteiger partial charge in [-0.25, -0.2) is 18.4 Å². The summed E-state index contributed by atoms with van der Waals surface area (Å²) in [7, 11) is 0. The maximum absolute atomic E-state index is 13.9. The van der Waals surface area contributed by atoms with Gasteiger partial charge >= 0.3 is 0 Å². The van der Waals surface area contributed by atoms with Crippen molar-refractivity contribution in [3.8, 4) is 11.4 Å². The molecule has 0 atom stereocenters. The van der Waals surface area contributed by atoms with Gasteiger partial charge in [0.2, 0.25) is 0 Å². The van der Waals surface area contributed by atoms with E-state index in [2.05, 4.69) is 10.4 Å². The van der Waals surface area contributed by atoms with Crippen molar-refractivity contribution in [1.29, 1.82) is 0 Å². The smallest absolute Gasteiger partial charge is 0.275 e. The van der Waals surface area contributed by atoms with Gasteiger partial charge in [-0.3, -0.25) is 9.59 Å². The van der Waals surface area contributed by atoms with Gasteiger partial charge < -0.3 is 20.3 Å². The van der Waals surface area contributed by atoms with Gasteiger partial charge in [-0.2, -0.15) is 0 Å². The van der Waals surface area contributed by atoms with E-state index in [0.29, 0.717) is 35.7 Å². The predicted molar refractivity (Wildman–Crippen MR) is 124 cm³/mol. The van der Waals surface area contributed by atoms with Crippen LogP contribution in [0, 0.1) is 18.6 Å². The van der Waals surface area contributed by atoms with Gasteiger partial charge in [-0.15, -0.1) is 0 Å². The summed E-state index contributed by atoms with van der Waals surface area (Å²) in [5.74, 6) is -0.861. The Morgan fingerprint density at radius 2 is 1.86 bits per heavy atom. The molecule has 2 aliphatic rings. The molecule has 2 N–H and O–H groups in total. The number of aromatic nitrogens is 2. The van der Waals surface area contributed by atoms with Crippen molar-refractivity contribution in [3.05, 3.63) is 77.1 Å². The highest BCUT2D eigenvalue weighted by Crippen LogP contribution is 2.27. The molecule has 182 valence electrons. The number of hydrogen-bond donors (Lipinski definition) is 2. The number of fused-ring (bicyclic) bond motifs is 1. The van der Waals surface area contributed by atoms with Gasteiger partial charge in [0.15, 0.2) is 5.82 Å². The number of hydrogen-bond acceptors (Lipinski definition) is 5. The lowest BCUT2D eigenvalue weighted by Crippen LogP contribution is -2.56. The van der Waals surface area contributed by atoms with Gasteiger partial charge in [0.1, 0.15) is 24.0 Å². The summed E-state index contributed by atoms with van der Waals surface area (Å²) in [6, 6.07) is 10.2. The standard InChI is InChI=1S/C25H25F2N5O3/c1-16-2-3-18(12-20(16)27)23(33)30-10-8-25(35,9-11-30)14-31-15-29-32-21(24(31)34)13-28-22(32)17-4-6-19(26)7-5-17/h2-7,12-13,29,35H,8-11,14-15H2,1H3. The molecular formula is C25H25F2N5O3. The minimum absolute atomic E-state index is 0.0943. The van der Waals surface area contributed by atoms with E-state index in [1.165, 1.54) is 29.3 Å². The molecule has 1 fully saturated rings. The summed E-state index contributed by atoms with van der Waals surface area (Å²) >= 11 is 0. The molecule has 5 rings (SSSR count). The molecule has 3 heterocycles. The zero-order valence-corrected chi connectivity index (χ0v) is 19.2. The van der Waals surface area contributed by atoms with Crippen molar-refractivity contribution < 1.29 is 23.5 Å². The fourth-order valence-corrected chi connectivity index (χ4v) is 4.53. The first-order valence-corrected chi connectivity index (χ1v) is 11.4. The molecule has 0 spiro atoms. The van der Waals surface area contributed by atoms with Crippen LogP contribution >= 0.6 is 0 Å². The van der Waals surface area contributed by atoms with Gasteiger partial charge in [-0.1, -0.05) is 6.07 Å². The number of aryl methyl sites for hydroxylation is 1. The molecule has 2 aliphatic heterocycles. The van der Waals surface area contributed by atoms with Gasteiger partial charge in [0.25, 0.3) is 11.8 Å². The zero-order chi connectivity index (χ0) is 24.7. The van der Waals surface area contributed by atoms with Gasteiger partial charge in [0, 0.05) is 24.2 Å². The number of rotatable bonds is 4. The van der Waals surface area contributed by atoms with Crippen LogP contribution in [0.2, 0.25) is 0 Å². The predicted octanol–water partition coefficient (Wildman–Crippen LogP) is 2.76. The van der Waals surface area contributed by atoms with Crippen molar-refractivity contribution in [1.82, 2.24) is 19.5 Å². The van der Waals surface area contributed by atoms with E-state index in [4.69, 9.17) is 0 Å². The van der Waals surface area contributed by atoms with Crippen molar-refractivity contribution in [2.75, 3.05) is 31.7 Å². The fraction of sp³-hybridized carbons (Fsp3) is 0.320. The molecule has 0 saturated carbocycles. The highest BCUT2D eigenvalue weighted by Gasteiger charge is 2.39.